The number of hydrogen-bond donors (Lipinski definition) is 1. The van der Waals surface area contributed by atoms with E-state index in [1.807, 2.05) is 30.1 Å². The van der Waals surface area contributed by atoms with Gasteiger partial charge in [-0.1, -0.05) is 35.0 Å². The van der Waals surface area contributed by atoms with Crippen molar-refractivity contribution in [3.8, 4) is 0 Å². The molecule has 0 heterocycles. The summed E-state index contributed by atoms with van der Waals surface area (Å²) in [5, 5.41) is 0. The van der Waals surface area contributed by atoms with Gasteiger partial charge in [0.1, 0.15) is 0 Å². The molecule has 1 saturated carbocycles. The second-order valence-electron chi connectivity index (χ2n) is 6.46. The van der Waals surface area contributed by atoms with Gasteiger partial charge in [0.15, 0.2) is 0 Å². The fraction of sp³-hybridized carbons (Fsp3) is 0.588. The molecular formula is C17H25BrN2O. The lowest BCUT2D eigenvalue weighted by Gasteiger charge is -2.39. The Labute approximate surface area is 136 Å². The minimum atomic E-state index is -0.340. The van der Waals surface area contributed by atoms with Crippen LogP contribution < -0.4 is 5.73 Å². The predicted octanol–water partition coefficient (Wildman–Crippen LogP) is 3.56. The van der Waals surface area contributed by atoms with Gasteiger partial charge in [0.2, 0.25) is 5.91 Å². The van der Waals surface area contributed by atoms with Gasteiger partial charge in [0, 0.05) is 24.6 Å². The molecule has 1 fully saturated rings. The molecule has 1 aliphatic rings. The largest absolute Gasteiger partial charge is 0.341 e. The van der Waals surface area contributed by atoms with Crippen LogP contribution in [-0.2, 0) is 11.3 Å². The zero-order chi connectivity index (χ0) is 15.5. The molecule has 4 heteroatoms. The number of hydrogen-bond acceptors (Lipinski definition) is 2. The SMILES string of the molecule is CC1CCC(CN)(C(=O)N(C)Cc2cccc(Br)c2)CC1. The van der Waals surface area contributed by atoms with Crippen molar-refractivity contribution in [1.29, 1.82) is 0 Å². The Morgan fingerprint density at radius 3 is 2.67 bits per heavy atom. The highest BCUT2D eigenvalue weighted by atomic mass is 79.9. The summed E-state index contributed by atoms with van der Waals surface area (Å²) in [6.45, 7) is 3.35. The van der Waals surface area contributed by atoms with Crippen molar-refractivity contribution < 1.29 is 4.79 Å². The van der Waals surface area contributed by atoms with E-state index >= 15 is 0 Å². The smallest absolute Gasteiger partial charge is 0.230 e. The molecule has 21 heavy (non-hydrogen) atoms. The third kappa shape index (κ3) is 3.86. The Morgan fingerprint density at radius 2 is 2.10 bits per heavy atom. The Bertz CT molecular complexity index is 495. The van der Waals surface area contributed by atoms with Crippen LogP contribution in [0.15, 0.2) is 28.7 Å². The molecule has 0 aromatic heterocycles. The van der Waals surface area contributed by atoms with Crippen LogP contribution in [0.4, 0.5) is 0 Å². The highest BCUT2D eigenvalue weighted by Crippen LogP contribution is 2.39. The minimum Gasteiger partial charge on any atom is -0.341 e. The van der Waals surface area contributed by atoms with Crippen molar-refractivity contribution in [2.75, 3.05) is 13.6 Å². The van der Waals surface area contributed by atoms with Crippen molar-refractivity contribution in [1.82, 2.24) is 4.90 Å². The number of benzene rings is 1. The highest BCUT2D eigenvalue weighted by molar-refractivity contribution is 9.10. The average Bonchev–Trinajstić information content (AvgIpc) is 2.48. The van der Waals surface area contributed by atoms with Crippen molar-refractivity contribution in [3.05, 3.63) is 34.3 Å². The van der Waals surface area contributed by atoms with Crippen LogP contribution in [0.3, 0.4) is 0 Å². The highest BCUT2D eigenvalue weighted by Gasteiger charge is 2.41. The van der Waals surface area contributed by atoms with Gasteiger partial charge in [-0.05, 0) is 49.3 Å². The number of carbonyl (C=O) groups is 1. The number of nitrogens with zero attached hydrogens (tertiary/aromatic N) is 1. The standard InChI is InChI=1S/C17H25BrN2O/c1-13-6-8-17(12-19,9-7-13)16(21)20(2)11-14-4-3-5-15(18)10-14/h3-5,10,13H,6-9,11-12,19H2,1-2H3. The van der Waals surface area contributed by atoms with Gasteiger partial charge in [-0.3, -0.25) is 4.79 Å². The van der Waals surface area contributed by atoms with Crippen LogP contribution in [-0.4, -0.2) is 24.4 Å². The van der Waals surface area contributed by atoms with E-state index in [9.17, 15) is 4.79 Å². The average molecular weight is 353 g/mol. The molecule has 1 amide bonds. The quantitative estimate of drug-likeness (QED) is 0.900. The molecule has 0 spiro atoms. The van der Waals surface area contributed by atoms with Gasteiger partial charge in [0.05, 0.1) is 5.41 Å². The first-order valence-corrected chi connectivity index (χ1v) is 8.46. The summed E-state index contributed by atoms with van der Waals surface area (Å²) in [6, 6.07) is 8.10. The molecule has 0 aliphatic heterocycles. The lowest BCUT2D eigenvalue weighted by atomic mass is 9.70. The molecule has 0 radical (unpaired) electrons. The molecule has 1 aliphatic carbocycles. The molecule has 1 aromatic rings. The topological polar surface area (TPSA) is 46.3 Å². The van der Waals surface area contributed by atoms with E-state index in [2.05, 4.69) is 28.9 Å². The lowest BCUT2D eigenvalue weighted by Crippen LogP contribution is -2.48. The fourth-order valence-electron chi connectivity index (χ4n) is 3.21. The van der Waals surface area contributed by atoms with Crippen LogP contribution in [0.5, 0.6) is 0 Å². The van der Waals surface area contributed by atoms with Gasteiger partial charge in [-0.2, -0.15) is 0 Å². The van der Waals surface area contributed by atoms with Gasteiger partial charge in [-0.25, -0.2) is 0 Å². The normalized spacial score (nSPS) is 25.6. The number of nitrogens with two attached hydrogens (primary N) is 1. The third-order valence-electron chi connectivity index (χ3n) is 4.73. The molecule has 0 unspecified atom stereocenters. The van der Waals surface area contributed by atoms with E-state index in [0.717, 1.165) is 35.7 Å². The maximum atomic E-state index is 12.9. The van der Waals surface area contributed by atoms with E-state index in [1.54, 1.807) is 0 Å². The Balaban J connectivity index is 2.07. The molecule has 2 N–H and O–H groups in total. The molecule has 116 valence electrons. The molecule has 0 bridgehead atoms. The molecule has 0 atom stereocenters. The summed E-state index contributed by atoms with van der Waals surface area (Å²) in [6.07, 6.45) is 4.06. The monoisotopic (exact) mass is 352 g/mol. The summed E-state index contributed by atoms with van der Waals surface area (Å²) < 4.78 is 1.04. The van der Waals surface area contributed by atoms with Gasteiger partial charge >= 0.3 is 0 Å². The maximum absolute atomic E-state index is 12.9. The lowest BCUT2D eigenvalue weighted by molar-refractivity contribution is -0.143. The predicted molar refractivity (Wildman–Crippen MR) is 89.7 cm³/mol. The Kier molecular flexibility index (Phi) is 5.44. The van der Waals surface area contributed by atoms with Gasteiger partial charge in [-0.15, -0.1) is 0 Å². The zero-order valence-corrected chi connectivity index (χ0v) is 14.5. The summed E-state index contributed by atoms with van der Waals surface area (Å²) in [4.78, 5) is 14.7. The summed E-state index contributed by atoms with van der Waals surface area (Å²) in [5.74, 6) is 0.921. The van der Waals surface area contributed by atoms with Crippen LogP contribution in [0, 0.1) is 11.3 Å². The molecule has 0 saturated heterocycles. The fourth-order valence-corrected chi connectivity index (χ4v) is 3.65. The van der Waals surface area contributed by atoms with Crippen LogP contribution in [0.2, 0.25) is 0 Å². The first kappa shape index (κ1) is 16.5. The first-order chi connectivity index (χ1) is 9.97. The van der Waals surface area contributed by atoms with Crippen LogP contribution >= 0.6 is 15.9 Å². The third-order valence-corrected chi connectivity index (χ3v) is 5.22. The maximum Gasteiger partial charge on any atom is 0.230 e. The molecule has 3 nitrogen and oxygen atoms in total. The molecular weight excluding hydrogens is 328 g/mol. The van der Waals surface area contributed by atoms with Gasteiger partial charge < -0.3 is 10.6 Å². The molecule has 1 aromatic carbocycles. The second-order valence-corrected chi connectivity index (χ2v) is 7.37. The van der Waals surface area contributed by atoms with Crippen LogP contribution in [0.1, 0.15) is 38.2 Å². The number of amides is 1. The van der Waals surface area contributed by atoms with E-state index in [0.29, 0.717) is 19.0 Å². The summed E-state index contributed by atoms with van der Waals surface area (Å²) in [7, 11) is 1.89. The van der Waals surface area contributed by atoms with Crippen molar-refractivity contribution >= 4 is 21.8 Å². The van der Waals surface area contributed by atoms with Crippen molar-refractivity contribution in [2.24, 2.45) is 17.1 Å². The molecule has 2 rings (SSSR count). The number of rotatable bonds is 4. The van der Waals surface area contributed by atoms with E-state index in [1.165, 1.54) is 0 Å². The second kappa shape index (κ2) is 6.93. The minimum absolute atomic E-state index is 0.205. The number of carbonyl (C=O) groups excluding carboxylic acids is 1. The van der Waals surface area contributed by atoms with E-state index in [4.69, 9.17) is 5.73 Å². The number of halogens is 1. The van der Waals surface area contributed by atoms with Crippen LogP contribution in [0.25, 0.3) is 0 Å². The van der Waals surface area contributed by atoms with Gasteiger partial charge in [0.25, 0.3) is 0 Å². The van der Waals surface area contributed by atoms with Crippen molar-refractivity contribution in [2.45, 2.75) is 39.2 Å². The summed E-state index contributed by atoms with van der Waals surface area (Å²) >= 11 is 3.47. The first-order valence-electron chi connectivity index (χ1n) is 7.67. The van der Waals surface area contributed by atoms with E-state index in [-0.39, 0.29) is 11.3 Å². The Hall–Kier alpha value is -0.870. The van der Waals surface area contributed by atoms with E-state index < -0.39 is 0 Å². The zero-order valence-electron chi connectivity index (χ0n) is 12.9. The Morgan fingerprint density at radius 1 is 1.43 bits per heavy atom. The van der Waals surface area contributed by atoms with Crippen molar-refractivity contribution in [3.63, 3.8) is 0 Å². The summed E-state index contributed by atoms with van der Waals surface area (Å²) in [5.41, 5.74) is 6.78.